The van der Waals surface area contributed by atoms with E-state index in [0.717, 1.165) is 31.5 Å². The lowest BCUT2D eigenvalue weighted by Crippen LogP contribution is -2.35. The van der Waals surface area contributed by atoms with Crippen LogP contribution in [0.15, 0.2) is 18.3 Å². The van der Waals surface area contributed by atoms with E-state index in [9.17, 15) is 4.79 Å². The second kappa shape index (κ2) is 6.94. The van der Waals surface area contributed by atoms with E-state index < -0.39 is 0 Å². The van der Waals surface area contributed by atoms with Crippen LogP contribution in [0.4, 0.5) is 11.5 Å². The third-order valence-corrected chi connectivity index (χ3v) is 2.99. The highest BCUT2D eigenvalue weighted by atomic mass is 16.5. The van der Waals surface area contributed by atoms with Crippen LogP contribution in [0.3, 0.4) is 0 Å². The molecule has 1 amide bonds. The average molecular weight is 264 g/mol. The van der Waals surface area contributed by atoms with Gasteiger partial charge in [0.15, 0.2) is 0 Å². The number of anilines is 2. The second-order valence-corrected chi connectivity index (χ2v) is 4.54. The van der Waals surface area contributed by atoms with Crippen LogP contribution in [0.1, 0.15) is 19.3 Å². The Morgan fingerprint density at radius 3 is 3.05 bits per heavy atom. The van der Waals surface area contributed by atoms with E-state index in [-0.39, 0.29) is 12.0 Å². The molecule has 0 aromatic carbocycles. The van der Waals surface area contributed by atoms with Gasteiger partial charge in [-0.2, -0.15) is 0 Å². The van der Waals surface area contributed by atoms with E-state index in [4.69, 9.17) is 10.5 Å². The van der Waals surface area contributed by atoms with Gasteiger partial charge in [-0.3, -0.25) is 4.79 Å². The SMILES string of the molecule is Nc1ccc(NCCCNC(=O)C2CCCO2)cn1. The van der Waals surface area contributed by atoms with Crippen LogP contribution in [0.2, 0.25) is 0 Å². The summed E-state index contributed by atoms with van der Waals surface area (Å²) in [6, 6.07) is 3.63. The first-order valence-electron chi connectivity index (χ1n) is 6.60. The number of hydrogen-bond acceptors (Lipinski definition) is 5. The van der Waals surface area contributed by atoms with Crippen molar-refractivity contribution in [2.45, 2.75) is 25.4 Å². The number of ether oxygens (including phenoxy) is 1. The standard InChI is InChI=1S/C13H20N4O2/c14-12-5-4-10(9-17-12)15-6-2-7-16-13(18)11-3-1-8-19-11/h4-5,9,11,15H,1-3,6-8H2,(H2,14,17)(H,16,18). The Balaban J connectivity index is 1.56. The normalized spacial score (nSPS) is 18.2. The maximum atomic E-state index is 11.6. The maximum Gasteiger partial charge on any atom is 0.249 e. The van der Waals surface area contributed by atoms with Crippen molar-refractivity contribution in [2.24, 2.45) is 0 Å². The number of carbonyl (C=O) groups excluding carboxylic acids is 1. The van der Waals surface area contributed by atoms with Crippen molar-refractivity contribution >= 4 is 17.4 Å². The van der Waals surface area contributed by atoms with Gasteiger partial charge in [-0.15, -0.1) is 0 Å². The Morgan fingerprint density at radius 2 is 2.37 bits per heavy atom. The van der Waals surface area contributed by atoms with Gasteiger partial charge in [0.2, 0.25) is 5.91 Å². The van der Waals surface area contributed by atoms with E-state index in [1.165, 1.54) is 0 Å². The van der Waals surface area contributed by atoms with Crippen molar-refractivity contribution in [1.29, 1.82) is 0 Å². The molecule has 1 aliphatic heterocycles. The second-order valence-electron chi connectivity index (χ2n) is 4.54. The summed E-state index contributed by atoms with van der Waals surface area (Å²) in [6.45, 7) is 2.12. The zero-order valence-electron chi connectivity index (χ0n) is 10.9. The largest absolute Gasteiger partial charge is 0.384 e. The average Bonchev–Trinajstić information content (AvgIpc) is 2.94. The van der Waals surface area contributed by atoms with Gasteiger partial charge in [0, 0.05) is 19.7 Å². The highest BCUT2D eigenvalue weighted by Crippen LogP contribution is 2.11. The highest BCUT2D eigenvalue weighted by Gasteiger charge is 2.22. The quantitative estimate of drug-likeness (QED) is 0.660. The third kappa shape index (κ3) is 4.40. The lowest BCUT2D eigenvalue weighted by atomic mass is 10.2. The summed E-state index contributed by atoms with van der Waals surface area (Å²) in [6.07, 6.45) is 4.11. The molecule has 6 nitrogen and oxygen atoms in total. The van der Waals surface area contributed by atoms with Gasteiger partial charge >= 0.3 is 0 Å². The fraction of sp³-hybridized carbons (Fsp3) is 0.538. The van der Waals surface area contributed by atoms with E-state index in [1.807, 2.05) is 6.07 Å². The minimum absolute atomic E-state index is 0.00616. The smallest absolute Gasteiger partial charge is 0.249 e. The Hall–Kier alpha value is -1.82. The van der Waals surface area contributed by atoms with Crippen molar-refractivity contribution in [3.05, 3.63) is 18.3 Å². The molecule has 19 heavy (non-hydrogen) atoms. The van der Waals surface area contributed by atoms with Gasteiger partial charge in [-0.05, 0) is 31.4 Å². The van der Waals surface area contributed by atoms with E-state index in [0.29, 0.717) is 19.0 Å². The molecule has 2 heterocycles. The van der Waals surface area contributed by atoms with E-state index in [2.05, 4.69) is 15.6 Å². The number of carbonyl (C=O) groups is 1. The van der Waals surface area contributed by atoms with Crippen molar-refractivity contribution in [3.8, 4) is 0 Å². The molecule has 1 saturated heterocycles. The minimum atomic E-state index is -0.241. The molecule has 0 bridgehead atoms. The van der Waals surface area contributed by atoms with Crippen molar-refractivity contribution in [1.82, 2.24) is 10.3 Å². The molecule has 0 saturated carbocycles. The maximum absolute atomic E-state index is 11.6. The summed E-state index contributed by atoms with van der Waals surface area (Å²) in [4.78, 5) is 15.6. The lowest BCUT2D eigenvalue weighted by Gasteiger charge is -2.10. The predicted molar refractivity (Wildman–Crippen MR) is 73.7 cm³/mol. The number of nitrogens with two attached hydrogens (primary N) is 1. The van der Waals surface area contributed by atoms with Crippen LogP contribution < -0.4 is 16.4 Å². The number of nitrogens with zero attached hydrogens (tertiary/aromatic N) is 1. The molecule has 1 fully saturated rings. The van der Waals surface area contributed by atoms with Crippen LogP contribution in [0, 0.1) is 0 Å². The number of hydrogen-bond donors (Lipinski definition) is 3. The van der Waals surface area contributed by atoms with Crippen molar-refractivity contribution in [3.63, 3.8) is 0 Å². The van der Waals surface area contributed by atoms with Crippen LogP contribution in [0.25, 0.3) is 0 Å². The summed E-state index contributed by atoms with van der Waals surface area (Å²) < 4.78 is 5.30. The van der Waals surface area contributed by atoms with Crippen LogP contribution >= 0.6 is 0 Å². The number of rotatable bonds is 6. The third-order valence-electron chi connectivity index (χ3n) is 2.99. The van der Waals surface area contributed by atoms with Crippen LogP contribution in [-0.4, -0.2) is 36.7 Å². The van der Waals surface area contributed by atoms with Crippen LogP contribution in [0.5, 0.6) is 0 Å². The zero-order chi connectivity index (χ0) is 13.5. The lowest BCUT2D eigenvalue weighted by molar-refractivity contribution is -0.130. The summed E-state index contributed by atoms with van der Waals surface area (Å²) >= 11 is 0. The van der Waals surface area contributed by atoms with E-state index in [1.54, 1.807) is 12.3 Å². The number of pyridine rings is 1. The predicted octanol–water partition coefficient (Wildman–Crippen LogP) is 0.761. The molecule has 0 spiro atoms. The van der Waals surface area contributed by atoms with Gasteiger partial charge < -0.3 is 21.1 Å². The molecule has 0 radical (unpaired) electrons. The zero-order valence-corrected chi connectivity index (χ0v) is 10.9. The van der Waals surface area contributed by atoms with Gasteiger partial charge in [0.25, 0.3) is 0 Å². The van der Waals surface area contributed by atoms with Gasteiger partial charge in [-0.25, -0.2) is 4.98 Å². The Bertz CT molecular complexity index is 402. The summed E-state index contributed by atoms with van der Waals surface area (Å²) in [5.41, 5.74) is 6.43. The molecule has 4 N–H and O–H groups in total. The fourth-order valence-corrected chi connectivity index (χ4v) is 1.94. The Kier molecular flexibility index (Phi) is 4.97. The number of amides is 1. The van der Waals surface area contributed by atoms with E-state index >= 15 is 0 Å². The highest BCUT2D eigenvalue weighted by molar-refractivity contribution is 5.80. The summed E-state index contributed by atoms with van der Waals surface area (Å²) in [7, 11) is 0. The number of nitrogens with one attached hydrogen (secondary N) is 2. The molecule has 1 aliphatic rings. The van der Waals surface area contributed by atoms with Gasteiger partial charge in [-0.1, -0.05) is 0 Å². The molecule has 1 aromatic rings. The molecule has 2 rings (SSSR count). The Labute approximate surface area is 112 Å². The number of nitrogen functional groups attached to an aromatic ring is 1. The van der Waals surface area contributed by atoms with Crippen LogP contribution in [-0.2, 0) is 9.53 Å². The molecule has 6 heteroatoms. The fourth-order valence-electron chi connectivity index (χ4n) is 1.94. The molecular weight excluding hydrogens is 244 g/mol. The first kappa shape index (κ1) is 13.6. The monoisotopic (exact) mass is 264 g/mol. The van der Waals surface area contributed by atoms with Crippen molar-refractivity contribution < 1.29 is 9.53 Å². The molecule has 104 valence electrons. The Morgan fingerprint density at radius 1 is 1.47 bits per heavy atom. The van der Waals surface area contributed by atoms with Gasteiger partial charge in [0.1, 0.15) is 11.9 Å². The minimum Gasteiger partial charge on any atom is -0.384 e. The molecule has 0 aliphatic carbocycles. The first-order chi connectivity index (χ1) is 9.25. The molecule has 1 unspecified atom stereocenters. The van der Waals surface area contributed by atoms with Crippen molar-refractivity contribution in [2.75, 3.05) is 30.7 Å². The topological polar surface area (TPSA) is 89.3 Å². The molecule has 1 aromatic heterocycles. The van der Waals surface area contributed by atoms with Gasteiger partial charge in [0.05, 0.1) is 11.9 Å². The summed E-state index contributed by atoms with van der Waals surface area (Å²) in [5.74, 6) is 0.515. The first-order valence-corrected chi connectivity index (χ1v) is 6.60. The molecular formula is C13H20N4O2. The summed E-state index contributed by atoms with van der Waals surface area (Å²) in [5, 5.41) is 6.09. The molecule has 1 atom stereocenters. The number of aromatic nitrogens is 1.